The lowest BCUT2D eigenvalue weighted by atomic mass is 9.99. The topological polar surface area (TPSA) is 38.7 Å². The molecule has 0 N–H and O–H groups in total. The number of nitrogens with zero attached hydrogens (tertiary/aromatic N) is 3. The van der Waals surface area contributed by atoms with Crippen molar-refractivity contribution in [1.82, 2.24) is 15.2 Å². The summed E-state index contributed by atoms with van der Waals surface area (Å²) in [6, 6.07) is 16.5. The Hall–Kier alpha value is -2.99. The molecule has 0 radical (unpaired) electrons. The van der Waals surface area contributed by atoms with Crippen molar-refractivity contribution in [2.75, 3.05) is 0 Å². The molecular formula is C19H15N3. The fourth-order valence-electron chi connectivity index (χ4n) is 2.25. The van der Waals surface area contributed by atoms with Crippen LogP contribution in [0, 0.1) is 25.7 Å². The number of hydrogen-bond donors (Lipinski definition) is 0. The second-order valence-corrected chi connectivity index (χ2v) is 5.07. The van der Waals surface area contributed by atoms with Gasteiger partial charge in [0.2, 0.25) is 5.82 Å². The van der Waals surface area contributed by atoms with Crippen LogP contribution >= 0.6 is 0 Å². The molecule has 0 saturated heterocycles. The van der Waals surface area contributed by atoms with Crippen molar-refractivity contribution < 1.29 is 0 Å². The Kier molecular flexibility index (Phi) is 3.93. The Morgan fingerprint density at radius 2 is 1.73 bits per heavy atom. The summed E-state index contributed by atoms with van der Waals surface area (Å²) in [5.74, 6) is 6.50. The van der Waals surface area contributed by atoms with Gasteiger partial charge in [0.15, 0.2) is 0 Å². The van der Waals surface area contributed by atoms with Crippen molar-refractivity contribution in [1.29, 1.82) is 0 Å². The SMILES string of the molecule is Cc1cnnc(C#Cc2ccc(-c3ccccc3)c(C)c2)n1. The van der Waals surface area contributed by atoms with Crippen molar-refractivity contribution in [2.45, 2.75) is 13.8 Å². The molecule has 0 unspecified atom stereocenters. The molecule has 0 aliphatic heterocycles. The van der Waals surface area contributed by atoms with Crippen molar-refractivity contribution in [2.24, 2.45) is 0 Å². The van der Waals surface area contributed by atoms with Crippen molar-refractivity contribution in [3.63, 3.8) is 0 Å². The zero-order valence-corrected chi connectivity index (χ0v) is 12.5. The highest BCUT2D eigenvalue weighted by Gasteiger charge is 2.01. The maximum Gasteiger partial charge on any atom is 0.226 e. The first-order chi connectivity index (χ1) is 10.7. The fourth-order valence-corrected chi connectivity index (χ4v) is 2.25. The Bertz CT molecular complexity index is 859. The van der Waals surface area contributed by atoms with E-state index in [0.29, 0.717) is 5.82 Å². The molecule has 3 nitrogen and oxygen atoms in total. The van der Waals surface area contributed by atoms with Crippen molar-refractivity contribution in [3.05, 3.63) is 77.4 Å². The van der Waals surface area contributed by atoms with Gasteiger partial charge >= 0.3 is 0 Å². The van der Waals surface area contributed by atoms with Crippen LogP contribution in [0.5, 0.6) is 0 Å². The van der Waals surface area contributed by atoms with Gasteiger partial charge in [-0.3, -0.25) is 0 Å². The van der Waals surface area contributed by atoms with Gasteiger partial charge in [-0.25, -0.2) is 4.98 Å². The molecule has 3 aromatic rings. The standard InChI is InChI=1S/C19H15N3/c1-14-12-16(9-11-19-21-15(2)13-20-22-19)8-10-18(14)17-6-4-3-5-7-17/h3-8,10,12-13H,1-2H3. The van der Waals surface area contributed by atoms with Crippen LogP contribution < -0.4 is 0 Å². The average molecular weight is 285 g/mol. The summed E-state index contributed by atoms with van der Waals surface area (Å²) in [6.07, 6.45) is 1.62. The molecule has 1 aromatic heterocycles. The number of aromatic nitrogens is 3. The maximum atomic E-state index is 4.23. The van der Waals surface area contributed by atoms with Gasteiger partial charge in [-0.1, -0.05) is 42.3 Å². The normalized spacial score (nSPS) is 9.91. The predicted octanol–water partition coefficient (Wildman–Crippen LogP) is 3.56. The molecule has 3 rings (SSSR count). The molecule has 0 bridgehead atoms. The lowest BCUT2D eigenvalue weighted by molar-refractivity contribution is 0.918. The van der Waals surface area contributed by atoms with Gasteiger partial charge in [-0.15, -0.1) is 5.10 Å². The third-order valence-corrected chi connectivity index (χ3v) is 3.31. The highest BCUT2D eigenvalue weighted by molar-refractivity contribution is 5.68. The first kappa shape index (κ1) is 14.0. The van der Waals surface area contributed by atoms with Gasteiger partial charge in [-0.05, 0) is 48.6 Å². The summed E-state index contributed by atoms with van der Waals surface area (Å²) >= 11 is 0. The van der Waals surface area contributed by atoms with Gasteiger partial charge in [0, 0.05) is 5.56 Å². The number of benzene rings is 2. The van der Waals surface area contributed by atoms with Gasteiger partial charge in [0.25, 0.3) is 0 Å². The summed E-state index contributed by atoms with van der Waals surface area (Å²) in [5, 5.41) is 7.76. The lowest BCUT2D eigenvalue weighted by Crippen LogP contribution is -1.94. The molecule has 0 aliphatic rings. The van der Waals surface area contributed by atoms with Crippen LogP contribution in [0.25, 0.3) is 11.1 Å². The second-order valence-electron chi connectivity index (χ2n) is 5.07. The van der Waals surface area contributed by atoms with Crippen LogP contribution in [0.15, 0.2) is 54.7 Å². The van der Waals surface area contributed by atoms with Gasteiger partial charge in [0.1, 0.15) is 0 Å². The molecule has 2 aromatic carbocycles. The molecule has 0 aliphatic carbocycles. The molecular weight excluding hydrogens is 270 g/mol. The van der Waals surface area contributed by atoms with Crippen LogP contribution in [0.4, 0.5) is 0 Å². The van der Waals surface area contributed by atoms with Gasteiger partial charge in [0.05, 0.1) is 11.9 Å². The van der Waals surface area contributed by atoms with Gasteiger partial charge in [-0.2, -0.15) is 5.10 Å². The van der Waals surface area contributed by atoms with E-state index in [2.05, 4.69) is 58.2 Å². The minimum atomic E-state index is 0.449. The molecule has 0 amide bonds. The summed E-state index contributed by atoms with van der Waals surface area (Å²) in [5.41, 5.74) is 5.39. The third kappa shape index (κ3) is 3.18. The van der Waals surface area contributed by atoms with E-state index < -0.39 is 0 Å². The number of aryl methyl sites for hydroxylation is 2. The van der Waals surface area contributed by atoms with Crippen LogP contribution in [-0.4, -0.2) is 15.2 Å². The lowest BCUT2D eigenvalue weighted by Gasteiger charge is -2.06. The van der Waals surface area contributed by atoms with Crippen LogP contribution in [0.2, 0.25) is 0 Å². The fraction of sp³-hybridized carbons (Fsp3) is 0.105. The monoisotopic (exact) mass is 285 g/mol. The first-order valence-corrected chi connectivity index (χ1v) is 7.07. The van der Waals surface area contributed by atoms with Gasteiger partial charge < -0.3 is 0 Å². The predicted molar refractivity (Wildman–Crippen MR) is 87.2 cm³/mol. The van der Waals surface area contributed by atoms with E-state index in [9.17, 15) is 0 Å². The van der Waals surface area contributed by atoms with Crippen LogP contribution in [0.3, 0.4) is 0 Å². The van der Waals surface area contributed by atoms with E-state index in [0.717, 1.165) is 11.3 Å². The van der Waals surface area contributed by atoms with Crippen molar-refractivity contribution in [3.8, 4) is 23.0 Å². The number of hydrogen-bond acceptors (Lipinski definition) is 3. The largest absolute Gasteiger partial charge is 0.226 e. The Labute approximate surface area is 130 Å². The van der Waals surface area contributed by atoms with E-state index in [1.165, 1.54) is 16.7 Å². The molecule has 0 atom stereocenters. The molecule has 106 valence electrons. The zero-order valence-electron chi connectivity index (χ0n) is 12.5. The minimum absolute atomic E-state index is 0.449. The second kappa shape index (κ2) is 6.19. The summed E-state index contributed by atoms with van der Waals surface area (Å²) < 4.78 is 0. The van der Waals surface area contributed by atoms with Crippen LogP contribution in [-0.2, 0) is 0 Å². The molecule has 1 heterocycles. The van der Waals surface area contributed by atoms with E-state index in [4.69, 9.17) is 0 Å². The molecule has 0 spiro atoms. The smallest absolute Gasteiger partial charge is 0.223 e. The Balaban J connectivity index is 1.90. The van der Waals surface area contributed by atoms with E-state index in [1.807, 2.05) is 31.2 Å². The Morgan fingerprint density at radius 1 is 0.909 bits per heavy atom. The first-order valence-electron chi connectivity index (χ1n) is 7.07. The average Bonchev–Trinajstić information content (AvgIpc) is 2.54. The molecule has 0 saturated carbocycles. The van der Waals surface area contributed by atoms with Crippen molar-refractivity contribution >= 4 is 0 Å². The van der Waals surface area contributed by atoms with E-state index in [1.54, 1.807) is 6.20 Å². The highest BCUT2D eigenvalue weighted by Crippen LogP contribution is 2.23. The zero-order chi connectivity index (χ0) is 15.4. The Morgan fingerprint density at radius 3 is 2.45 bits per heavy atom. The summed E-state index contributed by atoms with van der Waals surface area (Å²) in [7, 11) is 0. The van der Waals surface area contributed by atoms with Crippen LogP contribution in [0.1, 0.15) is 22.6 Å². The quantitative estimate of drug-likeness (QED) is 0.642. The van der Waals surface area contributed by atoms with E-state index >= 15 is 0 Å². The molecule has 3 heteroatoms. The molecule has 0 fully saturated rings. The number of rotatable bonds is 1. The summed E-state index contributed by atoms with van der Waals surface area (Å²) in [6.45, 7) is 3.97. The minimum Gasteiger partial charge on any atom is -0.223 e. The highest BCUT2D eigenvalue weighted by atomic mass is 15.1. The third-order valence-electron chi connectivity index (χ3n) is 3.31. The maximum absolute atomic E-state index is 4.23. The molecule has 22 heavy (non-hydrogen) atoms. The van der Waals surface area contributed by atoms with E-state index in [-0.39, 0.29) is 0 Å². The summed E-state index contributed by atoms with van der Waals surface area (Å²) in [4.78, 5) is 4.23.